The van der Waals surface area contributed by atoms with Crippen molar-refractivity contribution in [2.75, 3.05) is 13.2 Å². The van der Waals surface area contributed by atoms with Crippen LogP contribution in [0.4, 0.5) is 0 Å². The molecular formula is C23H24O3. The topological polar surface area (TPSA) is 46.5 Å². The van der Waals surface area contributed by atoms with Gasteiger partial charge in [-0.15, -0.1) is 0 Å². The third kappa shape index (κ3) is 4.50. The number of aliphatic hydroxyl groups excluding tert-OH is 1. The fraction of sp³-hybridized carbons (Fsp3) is 0.261. The number of carbonyl (C=O) groups excluding carboxylic acids is 1. The van der Waals surface area contributed by atoms with E-state index in [1.54, 1.807) is 0 Å². The maximum Gasteiger partial charge on any atom is 0.330 e. The molecule has 0 spiro atoms. The van der Waals surface area contributed by atoms with Crippen molar-refractivity contribution in [2.45, 2.75) is 25.7 Å². The van der Waals surface area contributed by atoms with Crippen molar-refractivity contribution in [1.29, 1.82) is 0 Å². The fourth-order valence-corrected chi connectivity index (χ4v) is 3.17. The fourth-order valence-electron chi connectivity index (χ4n) is 3.17. The maximum absolute atomic E-state index is 12.0. The summed E-state index contributed by atoms with van der Waals surface area (Å²) < 4.78 is 5.28. The van der Waals surface area contributed by atoms with Crippen molar-refractivity contribution in [1.82, 2.24) is 0 Å². The molecule has 3 aromatic rings. The lowest BCUT2D eigenvalue weighted by atomic mass is 9.96. The molecule has 0 bridgehead atoms. The smallest absolute Gasteiger partial charge is 0.330 e. The van der Waals surface area contributed by atoms with Gasteiger partial charge in [-0.25, -0.2) is 4.79 Å². The van der Waals surface area contributed by atoms with Gasteiger partial charge in [0, 0.05) is 12.7 Å². The molecule has 3 nitrogen and oxygen atoms in total. The van der Waals surface area contributed by atoms with Gasteiger partial charge in [-0.3, -0.25) is 0 Å². The van der Waals surface area contributed by atoms with Crippen molar-refractivity contribution in [2.24, 2.45) is 0 Å². The van der Waals surface area contributed by atoms with Crippen molar-refractivity contribution in [3.8, 4) is 0 Å². The Morgan fingerprint density at radius 3 is 2.15 bits per heavy atom. The number of aliphatic hydroxyl groups is 1. The normalized spacial score (nSPS) is 11.4. The highest BCUT2D eigenvalue weighted by atomic mass is 16.5. The van der Waals surface area contributed by atoms with Crippen LogP contribution in [0.5, 0.6) is 0 Å². The van der Waals surface area contributed by atoms with Gasteiger partial charge in [0.2, 0.25) is 0 Å². The van der Waals surface area contributed by atoms with E-state index in [1.807, 2.05) is 30.3 Å². The Labute approximate surface area is 153 Å². The van der Waals surface area contributed by atoms with E-state index in [1.165, 1.54) is 6.08 Å². The van der Waals surface area contributed by atoms with E-state index in [0.29, 0.717) is 6.61 Å². The number of unbranched alkanes of at least 4 members (excludes halogenated alkanes) is 3. The summed E-state index contributed by atoms with van der Waals surface area (Å²) in [5.41, 5.74) is 1.04. The number of ether oxygens (including phenoxy) is 1. The Morgan fingerprint density at radius 2 is 1.50 bits per heavy atom. The number of carbonyl (C=O) groups is 1. The molecule has 0 aliphatic rings. The lowest BCUT2D eigenvalue weighted by Crippen LogP contribution is -2.02. The summed E-state index contributed by atoms with van der Waals surface area (Å²) in [6.45, 7) is 0.645. The molecule has 3 aromatic carbocycles. The molecule has 26 heavy (non-hydrogen) atoms. The Bertz CT molecular complexity index is 858. The molecule has 0 aromatic heterocycles. The Kier molecular flexibility index (Phi) is 6.39. The second-order valence-electron chi connectivity index (χ2n) is 6.37. The molecule has 0 radical (unpaired) electrons. The molecule has 134 valence electrons. The SMILES string of the molecule is O=C(/C=C\c1c2ccccc2cc2ccccc12)OCCCCCCO. The molecule has 0 saturated carbocycles. The lowest BCUT2D eigenvalue weighted by Gasteiger charge is -2.08. The summed E-state index contributed by atoms with van der Waals surface area (Å²) in [4.78, 5) is 12.0. The van der Waals surface area contributed by atoms with Crippen LogP contribution in [-0.2, 0) is 9.53 Å². The van der Waals surface area contributed by atoms with E-state index in [9.17, 15) is 4.79 Å². The van der Waals surface area contributed by atoms with Gasteiger partial charge in [-0.05, 0) is 58.5 Å². The number of hydrogen-bond acceptors (Lipinski definition) is 3. The molecular weight excluding hydrogens is 324 g/mol. The maximum atomic E-state index is 12.0. The summed E-state index contributed by atoms with van der Waals surface area (Å²) >= 11 is 0. The number of esters is 1. The average molecular weight is 348 g/mol. The van der Waals surface area contributed by atoms with Crippen molar-refractivity contribution in [3.05, 3.63) is 66.2 Å². The predicted octanol–water partition coefficient (Wildman–Crippen LogP) is 5.10. The van der Waals surface area contributed by atoms with Crippen LogP contribution in [0.1, 0.15) is 31.2 Å². The predicted molar refractivity (Wildman–Crippen MR) is 107 cm³/mol. The number of fused-ring (bicyclic) bond motifs is 2. The zero-order valence-electron chi connectivity index (χ0n) is 14.9. The molecule has 0 unspecified atom stereocenters. The number of benzene rings is 3. The van der Waals surface area contributed by atoms with E-state index >= 15 is 0 Å². The summed E-state index contributed by atoms with van der Waals surface area (Å²) in [7, 11) is 0. The molecule has 0 aliphatic carbocycles. The van der Waals surface area contributed by atoms with Gasteiger partial charge in [-0.2, -0.15) is 0 Å². The molecule has 3 rings (SSSR count). The summed E-state index contributed by atoms with van der Waals surface area (Å²) in [6.07, 6.45) is 6.94. The first-order chi connectivity index (χ1) is 12.8. The Hall–Kier alpha value is -2.65. The first-order valence-corrected chi connectivity index (χ1v) is 9.16. The third-order valence-electron chi connectivity index (χ3n) is 4.50. The second kappa shape index (κ2) is 9.16. The van der Waals surface area contributed by atoms with Crippen LogP contribution < -0.4 is 0 Å². The minimum atomic E-state index is -0.316. The van der Waals surface area contributed by atoms with Crippen LogP contribution in [0.25, 0.3) is 27.6 Å². The van der Waals surface area contributed by atoms with Crippen LogP contribution in [0, 0.1) is 0 Å². The van der Waals surface area contributed by atoms with Gasteiger partial charge in [-0.1, -0.05) is 55.0 Å². The van der Waals surface area contributed by atoms with Crippen molar-refractivity contribution in [3.63, 3.8) is 0 Å². The highest BCUT2D eigenvalue weighted by Gasteiger charge is 2.05. The monoisotopic (exact) mass is 348 g/mol. The molecule has 3 heteroatoms. The van der Waals surface area contributed by atoms with Crippen molar-refractivity contribution >= 4 is 33.6 Å². The standard InChI is InChI=1S/C23H24O3/c24-15-7-1-2-8-16-26-23(25)14-13-22-20-11-5-3-9-18(20)17-19-10-4-6-12-21(19)22/h3-6,9-14,17,24H,1-2,7-8,15-16H2/b14-13-. The van der Waals surface area contributed by atoms with E-state index < -0.39 is 0 Å². The summed E-state index contributed by atoms with van der Waals surface area (Å²) in [5.74, 6) is -0.316. The molecule has 1 N–H and O–H groups in total. The number of hydrogen-bond donors (Lipinski definition) is 1. The second-order valence-corrected chi connectivity index (χ2v) is 6.37. The Balaban J connectivity index is 1.74. The quantitative estimate of drug-likeness (QED) is 0.266. The zero-order chi connectivity index (χ0) is 18.2. The van der Waals surface area contributed by atoms with Gasteiger partial charge >= 0.3 is 5.97 Å². The van der Waals surface area contributed by atoms with Gasteiger partial charge in [0.25, 0.3) is 0 Å². The van der Waals surface area contributed by atoms with Crippen molar-refractivity contribution < 1.29 is 14.6 Å². The molecule has 0 fully saturated rings. The van der Waals surface area contributed by atoms with Gasteiger partial charge in [0.15, 0.2) is 0 Å². The third-order valence-corrected chi connectivity index (χ3v) is 4.50. The van der Waals surface area contributed by atoms with E-state index in [-0.39, 0.29) is 12.6 Å². The van der Waals surface area contributed by atoms with Crippen LogP contribution in [0.3, 0.4) is 0 Å². The molecule has 0 heterocycles. The summed E-state index contributed by atoms with van der Waals surface area (Å²) in [5, 5.41) is 13.3. The van der Waals surface area contributed by atoms with E-state index in [0.717, 1.165) is 52.8 Å². The first kappa shape index (κ1) is 18.2. The molecule has 0 aliphatic heterocycles. The highest BCUT2D eigenvalue weighted by molar-refractivity contribution is 6.08. The van der Waals surface area contributed by atoms with Crippen LogP contribution in [-0.4, -0.2) is 24.3 Å². The van der Waals surface area contributed by atoms with Crippen LogP contribution in [0.15, 0.2) is 60.7 Å². The van der Waals surface area contributed by atoms with E-state index in [2.05, 4.69) is 30.3 Å². The number of rotatable bonds is 8. The summed E-state index contributed by atoms with van der Waals surface area (Å²) in [6, 6.07) is 18.6. The lowest BCUT2D eigenvalue weighted by molar-refractivity contribution is -0.137. The van der Waals surface area contributed by atoms with Gasteiger partial charge in [0.05, 0.1) is 6.61 Å². The molecule has 0 atom stereocenters. The minimum absolute atomic E-state index is 0.224. The molecule has 0 amide bonds. The average Bonchev–Trinajstić information content (AvgIpc) is 2.67. The van der Waals surface area contributed by atoms with Gasteiger partial charge < -0.3 is 9.84 Å². The van der Waals surface area contributed by atoms with Crippen LogP contribution in [0.2, 0.25) is 0 Å². The minimum Gasteiger partial charge on any atom is -0.463 e. The van der Waals surface area contributed by atoms with E-state index in [4.69, 9.17) is 9.84 Å². The Morgan fingerprint density at radius 1 is 0.885 bits per heavy atom. The largest absolute Gasteiger partial charge is 0.463 e. The first-order valence-electron chi connectivity index (χ1n) is 9.16. The highest BCUT2D eigenvalue weighted by Crippen LogP contribution is 2.29. The zero-order valence-corrected chi connectivity index (χ0v) is 14.9. The molecule has 0 saturated heterocycles. The van der Waals surface area contributed by atoms with Crippen LogP contribution >= 0.6 is 0 Å². The van der Waals surface area contributed by atoms with Gasteiger partial charge in [0.1, 0.15) is 0 Å².